The van der Waals surface area contributed by atoms with E-state index in [9.17, 15) is 14.9 Å². The fraction of sp³-hybridized carbons (Fsp3) is 0.289. The number of carbonyl (C=O) groups is 2. The number of H-pyrrole nitrogens is 2. The first-order chi connectivity index (χ1) is 23.3. The highest BCUT2D eigenvalue weighted by Crippen LogP contribution is 2.30. The van der Waals surface area contributed by atoms with Crippen LogP contribution in [-0.2, 0) is 22.6 Å². The summed E-state index contributed by atoms with van der Waals surface area (Å²) in [6, 6.07) is 21.2. The number of aromatic amines is 2. The van der Waals surface area contributed by atoms with Gasteiger partial charge in [-0.25, -0.2) is 0 Å². The van der Waals surface area contributed by atoms with Gasteiger partial charge >= 0.3 is 0 Å². The topological polar surface area (TPSA) is 126 Å². The lowest BCUT2D eigenvalue weighted by Crippen LogP contribution is -2.49. The predicted octanol–water partition coefficient (Wildman–Crippen LogP) is 5.40. The number of hydrogen-bond donors (Lipinski definition) is 3. The van der Waals surface area contributed by atoms with Gasteiger partial charge in [-0.15, -0.1) is 0 Å². The molecule has 3 aromatic carbocycles. The number of aromatic nitrogens is 2. The summed E-state index contributed by atoms with van der Waals surface area (Å²) in [7, 11) is 3.20. The Kier molecular flexibility index (Phi) is 9.78. The largest absolute Gasteiger partial charge is 0.497 e. The van der Waals surface area contributed by atoms with Crippen molar-refractivity contribution in [1.82, 2.24) is 25.1 Å². The van der Waals surface area contributed by atoms with Crippen molar-refractivity contribution in [1.29, 1.82) is 5.26 Å². The van der Waals surface area contributed by atoms with Crippen LogP contribution < -0.4 is 14.8 Å². The van der Waals surface area contributed by atoms with Crippen LogP contribution in [0.3, 0.4) is 0 Å². The summed E-state index contributed by atoms with van der Waals surface area (Å²) in [4.78, 5) is 37.1. The molecule has 3 heterocycles. The molecule has 0 spiro atoms. The first-order valence-corrected chi connectivity index (χ1v) is 16.1. The number of nitrogens with zero attached hydrogens (tertiary/aromatic N) is 3. The predicted molar refractivity (Wildman–Crippen MR) is 187 cm³/mol. The van der Waals surface area contributed by atoms with Gasteiger partial charge in [0.15, 0.2) is 0 Å². The fourth-order valence-corrected chi connectivity index (χ4v) is 6.51. The van der Waals surface area contributed by atoms with Gasteiger partial charge in [-0.1, -0.05) is 24.3 Å². The average molecular weight is 645 g/mol. The van der Waals surface area contributed by atoms with Gasteiger partial charge in [-0.2, -0.15) is 5.26 Å². The van der Waals surface area contributed by atoms with Crippen LogP contribution in [0.15, 0.2) is 79.1 Å². The second-order valence-electron chi connectivity index (χ2n) is 12.2. The number of nitriles is 1. The molecule has 0 fully saturated rings. The van der Waals surface area contributed by atoms with Gasteiger partial charge in [-0.3, -0.25) is 14.5 Å². The van der Waals surface area contributed by atoms with Crippen molar-refractivity contribution >= 4 is 39.2 Å². The second kappa shape index (κ2) is 14.5. The molecular weight excluding hydrogens is 604 g/mol. The smallest absolute Gasteiger partial charge is 0.234 e. The van der Waals surface area contributed by atoms with Crippen molar-refractivity contribution < 1.29 is 19.1 Å². The minimum absolute atomic E-state index is 0.0889. The van der Waals surface area contributed by atoms with Crippen LogP contribution >= 0.6 is 0 Å². The third-order valence-electron chi connectivity index (χ3n) is 8.99. The SMILES string of the molecule is COc1cc(CN(C[C@@H](Cc2c[nH]c3ccccc23)NC(=O)CN2CC=C(c3c[nH]c4ccc(C#N)cc34)CC2)C(C)=O)cc(OC)c1. The number of fused-ring (bicyclic) bond motifs is 2. The molecule has 0 saturated carbocycles. The molecule has 10 nitrogen and oxygen atoms in total. The standard InChI is InChI=1S/C38H40N6O4/c1-25(45)44(22-27-14-31(47-2)18-32(15-27)48-3)23-30(17-29-20-40-36-7-5-4-6-33(29)36)42-38(46)24-43-12-10-28(11-13-43)35-21-41-37-9-8-26(19-39)16-34(35)37/h4-10,14-16,18,20-21,30,40-41H,11-13,17,22-24H2,1-3H3,(H,42,46)/t30-/m1/s1. The van der Waals surface area contributed by atoms with E-state index in [1.807, 2.05) is 60.9 Å². The summed E-state index contributed by atoms with van der Waals surface area (Å²) in [6.45, 7) is 3.83. The third-order valence-corrected chi connectivity index (χ3v) is 8.99. The van der Waals surface area contributed by atoms with Gasteiger partial charge < -0.3 is 29.7 Å². The Morgan fingerprint density at radius 2 is 1.75 bits per heavy atom. The molecule has 1 aliphatic rings. The van der Waals surface area contributed by atoms with E-state index in [2.05, 4.69) is 38.4 Å². The molecule has 0 bridgehead atoms. The maximum absolute atomic E-state index is 13.6. The lowest BCUT2D eigenvalue weighted by molar-refractivity contribution is -0.131. The number of carbonyl (C=O) groups excluding carboxylic acids is 2. The van der Waals surface area contributed by atoms with E-state index in [4.69, 9.17) is 9.47 Å². The molecule has 3 N–H and O–H groups in total. The van der Waals surface area contributed by atoms with Crippen LogP contribution in [0.2, 0.25) is 0 Å². The van der Waals surface area contributed by atoms with Gasteiger partial charge in [0, 0.05) is 78.9 Å². The normalized spacial score (nSPS) is 13.9. The average Bonchev–Trinajstić information content (AvgIpc) is 3.71. The minimum atomic E-state index is -0.329. The highest BCUT2D eigenvalue weighted by atomic mass is 16.5. The Morgan fingerprint density at radius 1 is 1.00 bits per heavy atom. The minimum Gasteiger partial charge on any atom is -0.497 e. The molecule has 246 valence electrons. The zero-order chi connectivity index (χ0) is 33.6. The van der Waals surface area contributed by atoms with E-state index in [0.717, 1.165) is 51.5 Å². The molecule has 5 aromatic rings. The van der Waals surface area contributed by atoms with E-state index >= 15 is 0 Å². The van der Waals surface area contributed by atoms with Gasteiger partial charge in [0.05, 0.1) is 38.4 Å². The molecule has 0 aliphatic carbocycles. The van der Waals surface area contributed by atoms with Crippen LogP contribution in [0.1, 0.15) is 35.6 Å². The molecule has 10 heteroatoms. The van der Waals surface area contributed by atoms with Crippen molar-refractivity contribution in [2.24, 2.45) is 0 Å². The summed E-state index contributed by atoms with van der Waals surface area (Å²) in [5, 5.41) is 14.8. The Balaban J connectivity index is 1.17. The lowest BCUT2D eigenvalue weighted by Gasteiger charge is -2.30. The molecule has 0 radical (unpaired) electrons. The number of rotatable bonds is 12. The van der Waals surface area contributed by atoms with Crippen molar-refractivity contribution in [3.8, 4) is 17.6 Å². The molecule has 2 aromatic heterocycles. The van der Waals surface area contributed by atoms with Gasteiger partial charge in [0.2, 0.25) is 11.8 Å². The number of amides is 2. The molecule has 0 saturated heterocycles. The molecule has 1 atom stereocenters. The van der Waals surface area contributed by atoms with Gasteiger partial charge in [0.1, 0.15) is 11.5 Å². The Bertz CT molecular complexity index is 2000. The zero-order valence-corrected chi connectivity index (χ0v) is 27.5. The summed E-state index contributed by atoms with van der Waals surface area (Å²) >= 11 is 0. The number of nitrogens with one attached hydrogen (secondary N) is 3. The summed E-state index contributed by atoms with van der Waals surface area (Å²) in [5.74, 6) is 1.11. The van der Waals surface area contributed by atoms with Crippen molar-refractivity contribution in [3.63, 3.8) is 0 Å². The maximum atomic E-state index is 13.6. The third kappa shape index (κ3) is 7.37. The van der Waals surface area contributed by atoms with Crippen LogP contribution in [0.5, 0.6) is 11.5 Å². The Hall–Kier alpha value is -5.53. The van der Waals surface area contributed by atoms with Gasteiger partial charge in [0.25, 0.3) is 0 Å². The summed E-state index contributed by atoms with van der Waals surface area (Å²) in [6.07, 6.45) is 7.49. The molecular formula is C38H40N6O4. The molecule has 48 heavy (non-hydrogen) atoms. The number of benzene rings is 3. The first-order valence-electron chi connectivity index (χ1n) is 16.1. The first kappa shape index (κ1) is 32.4. The number of hydrogen-bond acceptors (Lipinski definition) is 6. The fourth-order valence-electron chi connectivity index (χ4n) is 6.51. The van der Waals surface area contributed by atoms with E-state index in [-0.39, 0.29) is 24.4 Å². The Morgan fingerprint density at radius 3 is 2.46 bits per heavy atom. The van der Waals surface area contributed by atoms with E-state index in [1.165, 1.54) is 5.57 Å². The monoisotopic (exact) mass is 644 g/mol. The zero-order valence-electron chi connectivity index (χ0n) is 27.5. The quantitative estimate of drug-likeness (QED) is 0.167. The van der Waals surface area contributed by atoms with Crippen LogP contribution in [-0.4, -0.2) is 78.0 Å². The second-order valence-corrected chi connectivity index (χ2v) is 12.2. The Labute approximate surface area is 279 Å². The highest BCUT2D eigenvalue weighted by Gasteiger charge is 2.23. The summed E-state index contributed by atoms with van der Waals surface area (Å²) in [5.41, 5.74) is 6.91. The van der Waals surface area contributed by atoms with E-state index in [0.29, 0.717) is 43.1 Å². The number of para-hydroxylation sites is 1. The maximum Gasteiger partial charge on any atom is 0.234 e. The van der Waals surface area contributed by atoms with Gasteiger partial charge in [-0.05, 0) is 65.9 Å². The number of methoxy groups -OCH3 is 2. The molecule has 0 unspecified atom stereocenters. The van der Waals surface area contributed by atoms with Crippen molar-refractivity contribution in [3.05, 3.63) is 101 Å². The van der Waals surface area contributed by atoms with E-state index < -0.39 is 0 Å². The molecule has 2 amide bonds. The highest BCUT2D eigenvalue weighted by molar-refractivity contribution is 5.93. The van der Waals surface area contributed by atoms with Crippen LogP contribution in [0, 0.1) is 11.3 Å². The van der Waals surface area contributed by atoms with E-state index in [1.54, 1.807) is 32.1 Å². The summed E-state index contributed by atoms with van der Waals surface area (Å²) < 4.78 is 10.9. The van der Waals surface area contributed by atoms with Crippen molar-refractivity contribution in [2.45, 2.75) is 32.4 Å². The lowest BCUT2D eigenvalue weighted by atomic mass is 9.98. The van der Waals surface area contributed by atoms with Crippen LogP contribution in [0.25, 0.3) is 27.4 Å². The van der Waals surface area contributed by atoms with Crippen molar-refractivity contribution in [2.75, 3.05) is 40.4 Å². The number of ether oxygens (including phenoxy) is 2. The molecule has 6 rings (SSSR count). The molecule has 1 aliphatic heterocycles. The van der Waals surface area contributed by atoms with Crippen LogP contribution in [0.4, 0.5) is 0 Å².